The number of aromatic amines is 1. The van der Waals surface area contributed by atoms with Gasteiger partial charge in [0.1, 0.15) is 0 Å². The van der Waals surface area contributed by atoms with Crippen LogP contribution in [0.5, 0.6) is 0 Å². The Kier molecular flexibility index (Phi) is 9.07. The number of carbonyl (C=O) groups excluding carboxylic acids is 1. The van der Waals surface area contributed by atoms with Crippen LogP contribution in [0, 0.1) is 32.6 Å². The van der Waals surface area contributed by atoms with Crippen LogP contribution in [0.2, 0.25) is 0 Å². The fourth-order valence-electron chi connectivity index (χ4n) is 5.49. The van der Waals surface area contributed by atoms with Gasteiger partial charge in [0, 0.05) is 60.4 Å². The van der Waals surface area contributed by atoms with Crippen LogP contribution in [0.25, 0.3) is 0 Å². The fourth-order valence-corrected chi connectivity index (χ4v) is 5.49. The number of rotatable bonds is 7. The molecule has 1 amide bonds. The highest BCUT2D eigenvalue weighted by Gasteiger charge is 2.24. The van der Waals surface area contributed by atoms with Crippen LogP contribution in [0.3, 0.4) is 0 Å². The van der Waals surface area contributed by atoms with Gasteiger partial charge in [0.2, 0.25) is 0 Å². The lowest BCUT2D eigenvalue weighted by Crippen LogP contribution is -2.40. The first kappa shape index (κ1) is 27.0. The third-order valence-corrected chi connectivity index (χ3v) is 7.56. The summed E-state index contributed by atoms with van der Waals surface area (Å²) in [6.45, 7) is 13.4. The van der Waals surface area contributed by atoms with Crippen molar-refractivity contribution in [3.8, 4) is 11.8 Å². The molecule has 1 aromatic carbocycles. The fraction of sp³-hybridized carbons (Fsp3) is 0.533. The van der Waals surface area contributed by atoms with E-state index in [-0.39, 0.29) is 18.0 Å². The Bertz CT molecular complexity index is 1230. The van der Waals surface area contributed by atoms with E-state index in [1.807, 2.05) is 32.9 Å². The molecule has 37 heavy (non-hydrogen) atoms. The number of nitrogens with zero attached hydrogens (tertiary/aromatic N) is 2. The summed E-state index contributed by atoms with van der Waals surface area (Å²) < 4.78 is 5.60. The van der Waals surface area contributed by atoms with Crippen molar-refractivity contribution in [3.05, 3.63) is 62.1 Å². The molecule has 0 saturated carbocycles. The zero-order valence-corrected chi connectivity index (χ0v) is 22.7. The molecule has 2 N–H and O–H groups in total. The van der Waals surface area contributed by atoms with Gasteiger partial charge in [0.25, 0.3) is 11.5 Å². The summed E-state index contributed by atoms with van der Waals surface area (Å²) in [6, 6.07) is 6.33. The first-order valence-electron chi connectivity index (χ1n) is 13.5. The molecule has 0 bridgehead atoms. The van der Waals surface area contributed by atoms with Gasteiger partial charge < -0.3 is 19.9 Å². The molecule has 7 nitrogen and oxygen atoms in total. The summed E-state index contributed by atoms with van der Waals surface area (Å²) in [7, 11) is 0. The molecule has 7 heteroatoms. The van der Waals surface area contributed by atoms with Crippen molar-refractivity contribution in [2.45, 2.75) is 66.0 Å². The lowest BCUT2D eigenvalue weighted by molar-refractivity contribution is 0.0845. The molecule has 0 spiro atoms. The number of likely N-dealkylation sites (tertiary alicyclic amines) is 1. The van der Waals surface area contributed by atoms with Crippen LogP contribution < -0.4 is 15.8 Å². The van der Waals surface area contributed by atoms with Gasteiger partial charge in [0.15, 0.2) is 0 Å². The molecular formula is C30H40N4O3. The second-order valence-electron chi connectivity index (χ2n) is 10.2. The van der Waals surface area contributed by atoms with Crippen molar-refractivity contribution < 1.29 is 9.53 Å². The van der Waals surface area contributed by atoms with Gasteiger partial charge in [-0.05, 0) is 95.8 Å². The number of hydrogen-bond donors (Lipinski definition) is 2. The zero-order chi connectivity index (χ0) is 26.4. The van der Waals surface area contributed by atoms with Crippen LogP contribution in [-0.4, -0.2) is 61.2 Å². The number of benzene rings is 1. The Balaban J connectivity index is 1.64. The lowest BCUT2D eigenvalue weighted by Gasteiger charge is -2.36. The van der Waals surface area contributed by atoms with E-state index in [0.29, 0.717) is 17.2 Å². The standard InChI is InChI=1S/C30H40N4O3/c1-5-34(25-10-15-37-16-11-25)28-19-24(9-8-14-33-12-6-7-13-33)18-26(23(28)4)29(35)31-20-27-21(2)17-22(3)32-30(27)36/h17-19,25H,5-7,10-16,20H2,1-4H3,(H,31,35)(H,32,36). The average molecular weight is 505 g/mol. The van der Waals surface area contributed by atoms with E-state index in [1.165, 1.54) is 12.8 Å². The van der Waals surface area contributed by atoms with Gasteiger partial charge in [-0.3, -0.25) is 14.5 Å². The quantitative estimate of drug-likeness (QED) is 0.563. The second-order valence-corrected chi connectivity index (χ2v) is 10.2. The van der Waals surface area contributed by atoms with Gasteiger partial charge in [-0.2, -0.15) is 0 Å². The molecule has 2 fully saturated rings. The summed E-state index contributed by atoms with van der Waals surface area (Å²) >= 11 is 0. The minimum atomic E-state index is -0.190. The summed E-state index contributed by atoms with van der Waals surface area (Å²) in [6.07, 6.45) is 4.41. The number of pyridine rings is 1. The summed E-state index contributed by atoms with van der Waals surface area (Å²) in [4.78, 5) is 33.6. The lowest BCUT2D eigenvalue weighted by atomic mass is 9.98. The number of anilines is 1. The van der Waals surface area contributed by atoms with Gasteiger partial charge in [0.05, 0.1) is 6.54 Å². The van der Waals surface area contributed by atoms with Gasteiger partial charge in [-0.25, -0.2) is 0 Å². The van der Waals surface area contributed by atoms with Crippen molar-refractivity contribution >= 4 is 11.6 Å². The molecule has 3 heterocycles. The highest BCUT2D eigenvalue weighted by atomic mass is 16.5. The molecule has 0 radical (unpaired) electrons. The predicted octanol–water partition coefficient (Wildman–Crippen LogP) is 3.68. The highest BCUT2D eigenvalue weighted by Crippen LogP contribution is 2.30. The Morgan fingerprint density at radius 1 is 1.16 bits per heavy atom. The van der Waals surface area contributed by atoms with Crippen molar-refractivity contribution in [2.24, 2.45) is 0 Å². The summed E-state index contributed by atoms with van der Waals surface area (Å²) in [5.74, 6) is 6.48. The summed E-state index contributed by atoms with van der Waals surface area (Å²) in [5, 5.41) is 3.00. The number of H-pyrrole nitrogens is 1. The molecule has 2 aliphatic rings. The Morgan fingerprint density at radius 3 is 2.57 bits per heavy atom. The Labute approximate surface area is 220 Å². The van der Waals surface area contributed by atoms with Crippen molar-refractivity contribution in [1.82, 2.24) is 15.2 Å². The maximum absolute atomic E-state index is 13.5. The van der Waals surface area contributed by atoms with E-state index in [4.69, 9.17) is 4.74 Å². The Morgan fingerprint density at radius 2 is 1.89 bits per heavy atom. The van der Waals surface area contributed by atoms with Gasteiger partial charge in [-0.1, -0.05) is 11.8 Å². The molecule has 0 atom stereocenters. The number of ether oxygens (including phenoxy) is 1. The summed E-state index contributed by atoms with van der Waals surface area (Å²) in [5.41, 5.74) is 5.55. The maximum Gasteiger partial charge on any atom is 0.253 e. The number of hydrogen-bond acceptors (Lipinski definition) is 5. The second kappa shape index (κ2) is 12.4. The monoisotopic (exact) mass is 504 g/mol. The van der Waals surface area contributed by atoms with Gasteiger partial charge in [-0.15, -0.1) is 0 Å². The molecule has 2 aliphatic heterocycles. The smallest absolute Gasteiger partial charge is 0.253 e. The first-order valence-corrected chi connectivity index (χ1v) is 13.5. The minimum Gasteiger partial charge on any atom is -0.381 e. The predicted molar refractivity (Wildman–Crippen MR) is 148 cm³/mol. The van der Waals surface area contributed by atoms with Gasteiger partial charge >= 0.3 is 0 Å². The SMILES string of the molecule is CCN(c1cc(C#CCN2CCCC2)cc(C(=O)NCc2c(C)cc(C)[nH]c2=O)c1C)C1CCOCC1. The van der Waals surface area contributed by atoms with Crippen molar-refractivity contribution in [2.75, 3.05) is 44.3 Å². The van der Waals surface area contributed by atoms with Crippen LogP contribution in [-0.2, 0) is 11.3 Å². The van der Waals surface area contributed by atoms with E-state index in [1.54, 1.807) is 0 Å². The van der Waals surface area contributed by atoms with E-state index in [0.717, 1.165) is 80.3 Å². The molecule has 0 unspecified atom stereocenters. The Hall–Kier alpha value is -3.08. The number of nitrogens with one attached hydrogen (secondary N) is 2. The third-order valence-electron chi connectivity index (χ3n) is 7.56. The largest absolute Gasteiger partial charge is 0.381 e. The average Bonchev–Trinajstić information content (AvgIpc) is 3.39. The van der Waals surface area contributed by atoms with Crippen molar-refractivity contribution in [3.63, 3.8) is 0 Å². The van der Waals surface area contributed by atoms with Crippen LogP contribution in [0.15, 0.2) is 23.0 Å². The normalized spacial score (nSPS) is 16.3. The van der Waals surface area contributed by atoms with Crippen LogP contribution >= 0.6 is 0 Å². The first-order chi connectivity index (χ1) is 17.9. The van der Waals surface area contributed by atoms with Crippen LogP contribution in [0.4, 0.5) is 5.69 Å². The van der Waals surface area contributed by atoms with E-state index < -0.39 is 0 Å². The number of aryl methyl sites for hydroxylation is 2. The number of aromatic nitrogens is 1. The molecule has 0 aliphatic carbocycles. The van der Waals surface area contributed by atoms with Crippen molar-refractivity contribution in [1.29, 1.82) is 0 Å². The number of carbonyl (C=O) groups is 1. The molecule has 1 aromatic heterocycles. The number of amides is 1. The third kappa shape index (κ3) is 6.63. The molecule has 4 rings (SSSR count). The molecule has 198 valence electrons. The molecule has 2 aromatic rings. The molecule has 2 saturated heterocycles. The van der Waals surface area contributed by atoms with E-state index >= 15 is 0 Å². The topological polar surface area (TPSA) is 77.7 Å². The highest BCUT2D eigenvalue weighted by molar-refractivity contribution is 5.97. The molecular weight excluding hydrogens is 464 g/mol. The van der Waals surface area contributed by atoms with Crippen LogP contribution in [0.1, 0.15) is 70.9 Å². The van der Waals surface area contributed by atoms with E-state index in [2.05, 4.69) is 44.9 Å². The maximum atomic E-state index is 13.5. The minimum absolute atomic E-state index is 0.159. The van der Waals surface area contributed by atoms with E-state index in [9.17, 15) is 9.59 Å². The zero-order valence-electron chi connectivity index (χ0n) is 22.7.